The number of pyridine rings is 1. The third-order valence-electron chi connectivity index (χ3n) is 6.20. The molecule has 5 rings (SSSR count). The van der Waals surface area contributed by atoms with Gasteiger partial charge in [-0.2, -0.15) is 0 Å². The fourth-order valence-electron chi connectivity index (χ4n) is 4.12. The van der Waals surface area contributed by atoms with E-state index in [9.17, 15) is 4.79 Å². The van der Waals surface area contributed by atoms with Crippen LogP contribution in [0, 0.1) is 13.8 Å². The second-order valence-electron chi connectivity index (χ2n) is 8.99. The summed E-state index contributed by atoms with van der Waals surface area (Å²) in [6.07, 6.45) is 5.94. The van der Waals surface area contributed by atoms with E-state index < -0.39 is 0 Å². The molecule has 2 aromatic heterocycles. The number of hydrogen-bond donors (Lipinski definition) is 2. The molecule has 1 amide bonds. The van der Waals surface area contributed by atoms with Gasteiger partial charge < -0.3 is 20.1 Å². The Morgan fingerprint density at radius 2 is 1.94 bits per heavy atom. The van der Waals surface area contributed by atoms with E-state index in [0.717, 1.165) is 52.3 Å². The van der Waals surface area contributed by atoms with Gasteiger partial charge in [-0.25, -0.2) is 4.98 Å². The molecule has 180 valence electrons. The minimum Gasteiger partial charge on any atom is -0.455 e. The van der Waals surface area contributed by atoms with Gasteiger partial charge in [0.05, 0.1) is 30.4 Å². The average molecular weight is 471 g/mol. The van der Waals surface area contributed by atoms with Gasteiger partial charge in [-0.05, 0) is 56.0 Å². The Bertz CT molecular complexity index is 1370. The van der Waals surface area contributed by atoms with Gasteiger partial charge in [-0.3, -0.25) is 9.20 Å². The summed E-state index contributed by atoms with van der Waals surface area (Å²) < 4.78 is 13.5. The number of imidazole rings is 1. The molecule has 2 heterocycles. The van der Waals surface area contributed by atoms with E-state index in [2.05, 4.69) is 10.6 Å². The van der Waals surface area contributed by atoms with E-state index in [1.54, 1.807) is 7.11 Å². The molecule has 0 spiro atoms. The number of nitrogens with one attached hydrogen (secondary N) is 2. The van der Waals surface area contributed by atoms with Crippen molar-refractivity contribution in [3.05, 3.63) is 77.6 Å². The number of rotatable bonds is 9. The van der Waals surface area contributed by atoms with Crippen molar-refractivity contribution < 1.29 is 14.3 Å². The van der Waals surface area contributed by atoms with Crippen LogP contribution in [0.4, 0.5) is 5.69 Å². The SMILES string of the molecule is COCCNc1cc(Oc2ccccc2C)cn2c(-c3ccc(C(=O)NC4CC4)c(C)c3)cnc12. The Morgan fingerprint density at radius 1 is 1.11 bits per heavy atom. The van der Waals surface area contributed by atoms with Gasteiger partial charge in [0.15, 0.2) is 5.65 Å². The first-order valence-electron chi connectivity index (χ1n) is 11.9. The standard InChI is InChI=1S/C28H30N4O3/c1-18-6-4-5-7-26(18)35-22-15-24(29-12-13-34-3)27-30-16-25(32(27)17-22)20-8-11-23(19(2)14-20)28(33)31-21-9-10-21/h4-8,11,14-17,21,29H,9-10,12-13H2,1-3H3,(H,31,33). The molecule has 2 aromatic carbocycles. The Labute approximate surface area is 205 Å². The second kappa shape index (κ2) is 9.80. The monoisotopic (exact) mass is 470 g/mol. The number of nitrogens with zero attached hydrogens (tertiary/aromatic N) is 2. The van der Waals surface area contributed by atoms with Crippen molar-refractivity contribution in [3.8, 4) is 22.8 Å². The van der Waals surface area contributed by atoms with Crippen molar-refractivity contribution in [2.24, 2.45) is 0 Å². The molecule has 0 saturated heterocycles. The third kappa shape index (κ3) is 5.00. The van der Waals surface area contributed by atoms with E-state index in [-0.39, 0.29) is 5.91 Å². The summed E-state index contributed by atoms with van der Waals surface area (Å²) >= 11 is 0. The molecule has 0 aliphatic heterocycles. The highest BCUT2D eigenvalue weighted by molar-refractivity contribution is 5.96. The Balaban J connectivity index is 1.53. The Hall–Kier alpha value is -3.84. The zero-order chi connectivity index (χ0) is 24.4. The molecular formula is C28H30N4O3. The molecular weight excluding hydrogens is 440 g/mol. The second-order valence-corrected chi connectivity index (χ2v) is 8.99. The number of anilines is 1. The third-order valence-corrected chi connectivity index (χ3v) is 6.20. The van der Waals surface area contributed by atoms with E-state index in [0.29, 0.717) is 30.5 Å². The minimum absolute atomic E-state index is 0.00626. The first-order chi connectivity index (χ1) is 17.0. The number of carbonyl (C=O) groups is 1. The van der Waals surface area contributed by atoms with Crippen LogP contribution in [0.2, 0.25) is 0 Å². The highest BCUT2D eigenvalue weighted by Gasteiger charge is 2.24. The van der Waals surface area contributed by atoms with Crippen LogP contribution in [-0.2, 0) is 4.74 Å². The van der Waals surface area contributed by atoms with Crippen molar-refractivity contribution in [2.45, 2.75) is 32.7 Å². The van der Waals surface area contributed by atoms with Gasteiger partial charge >= 0.3 is 0 Å². The molecule has 0 unspecified atom stereocenters. The number of para-hydroxylation sites is 1. The lowest BCUT2D eigenvalue weighted by atomic mass is 10.0. The van der Waals surface area contributed by atoms with Crippen LogP contribution in [0.15, 0.2) is 60.9 Å². The lowest BCUT2D eigenvalue weighted by Crippen LogP contribution is -2.26. The molecule has 7 heteroatoms. The summed E-state index contributed by atoms with van der Waals surface area (Å²) in [6.45, 7) is 5.22. The predicted octanol–water partition coefficient (Wildman–Crippen LogP) is 5.36. The fourth-order valence-corrected chi connectivity index (χ4v) is 4.12. The Kier molecular flexibility index (Phi) is 6.42. The Morgan fingerprint density at radius 3 is 2.69 bits per heavy atom. The fraction of sp³-hybridized carbons (Fsp3) is 0.286. The van der Waals surface area contributed by atoms with Crippen molar-refractivity contribution in [1.82, 2.24) is 14.7 Å². The van der Waals surface area contributed by atoms with Gasteiger partial charge in [-0.15, -0.1) is 0 Å². The number of amides is 1. The molecule has 0 radical (unpaired) electrons. The predicted molar refractivity (Wildman–Crippen MR) is 137 cm³/mol. The maximum Gasteiger partial charge on any atom is 0.251 e. The van der Waals surface area contributed by atoms with E-state index in [1.807, 2.05) is 79.2 Å². The van der Waals surface area contributed by atoms with Crippen molar-refractivity contribution in [3.63, 3.8) is 0 Å². The van der Waals surface area contributed by atoms with Gasteiger partial charge in [0.25, 0.3) is 5.91 Å². The molecule has 1 saturated carbocycles. The molecule has 1 aliphatic carbocycles. The first-order valence-corrected chi connectivity index (χ1v) is 11.9. The number of fused-ring (bicyclic) bond motifs is 1. The number of aromatic nitrogens is 2. The maximum atomic E-state index is 12.6. The minimum atomic E-state index is -0.00626. The quantitative estimate of drug-likeness (QED) is 0.322. The van der Waals surface area contributed by atoms with Gasteiger partial charge in [0.1, 0.15) is 11.5 Å². The van der Waals surface area contributed by atoms with Crippen LogP contribution < -0.4 is 15.4 Å². The lowest BCUT2D eigenvalue weighted by Gasteiger charge is -2.14. The summed E-state index contributed by atoms with van der Waals surface area (Å²) in [5.41, 5.74) is 6.25. The van der Waals surface area contributed by atoms with Crippen LogP contribution in [0.25, 0.3) is 16.9 Å². The van der Waals surface area contributed by atoms with Crippen molar-refractivity contribution in [1.29, 1.82) is 0 Å². The molecule has 0 atom stereocenters. The molecule has 2 N–H and O–H groups in total. The zero-order valence-electron chi connectivity index (χ0n) is 20.3. The van der Waals surface area contributed by atoms with Crippen molar-refractivity contribution in [2.75, 3.05) is 25.6 Å². The van der Waals surface area contributed by atoms with E-state index in [1.165, 1.54) is 0 Å². The number of benzene rings is 2. The highest BCUT2D eigenvalue weighted by atomic mass is 16.5. The first kappa shape index (κ1) is 22.9. The summed E-state index contributed by atoms with van der Waals surface area (Å²) in [6, 6.07) is 16.1. The van der Waals surface area contributed by atoms with E-state index in [4.69, 9.17) is 14.5 Å². The number of ether oxygens (including phenoxy) is 2. The molecule has 35 heavy (non-hydrogen) atoms. The number of aryl methyl sites for hydroxylation is 2. The molecule has 1 aliphatic rings. The van der Waals surface area contributed by atoms with Gasteiger partial charge in [-0.1, -0.05) is 24.3 Å². The van der Waals surface area contributed by atoms with E-state index >= 15 is 0 Å². The highest BCUT2D eigenvalue weighted by Crippen LogP contribution is 2.32. The van der Waals surface area contributed by atoms with Crippen LogP contribution in [0.1, 0.15) is 34.3 Å². The lowest BCUT2D eigenvalue weighted by molar-refractivity contribution is 0.0950. The maximum absolute atomic E-state index is 12.6. The van der Waals surface area contributed by atoms with Crippen LogP contribution >= 0.6 is 0 Å². The molecule has 4 aromatic rings. The summed E-state index contributed by atoms with van der Waals surface area (Å²) in [5.74, 6) is 1.49. The van der Waals surface area contributed by atoms with Crippen LogP contribution in [-0.4, -0.2) is 41.6 Å². The van der Waals surface area contributed by atoms with Gasteiger partial charge in [0, 0.05) is 36.9 Å². The van der Waals surface area contributed by atoms with Crippen LogP contribution in [0.5, 0.6) is 11.5 Å². The number of methoxy groups -OCH3 is 1. The molecule has 0 bridgehead atoms. The normalized spacial score (nSPS) is 13.1. The summed E-state index contributed by atoms with van der Waals surface area (Å²) in [5, 5.41) is 6.48. The zero-order valence-corrected chi connectivity index (χ0v) is 20.3. The molecule has 7 nitrogen and oxygen atoms in total. The largest absolute Gasteiger partial charge is 0.455 e. The summed E-state index contributed by atoms with van der Waals surface area (Å²) in [7, 11) is 1.68. The number of hydrogen-bond acceptors (Lipinski definition) is 5. The van der Waals surface area contributed by atoms with Crippen molar-refractivity contribution >= 4 is 17.2 Å². The molecule has 1 fully saturated rings. The average Bonchev–Trinajstić information content (AvgIpc) is 3.55. The smallest absolute Gasteiger partial charge is 0.251 e. The topological polar surface area (TPSA) is 76.9 Å². The number of carbonyl (C=O) groups excluding carboxylic acids is 1. The van der Waals surface area contributed by atoms with Gasteiger partial charge in [0.2, 0.25) is 0 Å². The summed E-state index contributed by atoms with van der Waals surface area (Å²) in [4.78, 5) is 17.3. The van der Waals surface area contributed by atoms with Crippen LogP contribution in [0.3, 0.4) is 0 Å².